The summed E-state index contributed by atoms with van der Waals surface area (Å²) in [5.74, 6) is -0.337. The lowest BCUT2D eigenvalue weighted by atomic mass is 10.0. The highest BCUT2D eigenvalue weighted by Crippen LogP contribution is 2.23. The minimum atomic E-state index is -3.53. The van der Waals surface area contributed by atoms with Gasteiger partial charge in [-0.1, -0.05) is 72.8 Å². The van der Waals surface area contributed by atoms with Crippen molar-refractivity contribution in [2.24, 2.45) is 0 Å². The highest BCUT2D eigenvalue weighted by molar-refractivity contribution is 7.89. The Hall–Kier alpha value is -3.53. The van der Waals surface area contributed by atoms with Crippen molar-refractivity contribution in [2.45, 2.75) is 74.6 Å². The SMILES string of the molecule is O=C(NC[C@H]1CCCO1)[C@@H](Cc1ccccc1)N(Cc1ccccc1)C(=O)CCc1ccc(S(=O)(=O)NC2CC2)cc1. The minimum absolute atomic E-state index is 0.00383. The van der Waals surface area contributed by atoms with Crippen LogP contribution in [-0.2, 0) is 43.7 Å². The van der Waals surface area contributed by atoms with Crippen LogP contribution in [0.15, 0.2) is 89.8 Å². The fraction of sp³-hybridized carbons (Fsp3) is 0.394. The molecule has 1 aliphatic heterocycles. The summed E-state index contributed by atoms with van der Waals surface area (Å²) in [6.45, 7) is 1.42. The van der Waals surface area contributed by atoms with Gasteiger partial charge in [-0.25, -0.2) is 13.1 Å². The molecule has 2 N–H and O–H groups in total. The Bertz CT molecular complexity index is 1420. The molecule has 3 aromatic carbocycles. The predicted molar refractivity (Wildman–Crippen MR) is 161 cm³/mol. The van der Waals surface area contributed by atoms with E-state index < -0.39 is 16.1 Å². The van der Waals surface area contributed by atoms with Gasteiger partial charge in [0, 0.05) is 38.6 Å². The normalized spacial score (nSPS) is 17.5. The molecule has 1 aliphatic carbocycles. The van der Waals surface area contributed by atoms with Gasteiger partial charge in [0.25, 0.3) is 0 Å². The van der Waals surface area contributed by atoms with Crippen molar-refractivity contribution >= 4 is 21.8 Å². The highest BCUT2D eigenvalue weighted by Gasteiger charge is 2.31. The van der Waals surface area contributed by atoms with Crippen molar-refractivity contribution in [2.75, 3.05) is 13.2 Å². The molecule has 2 aliphatic rings. The maximum atomic E-state index is 13.9. The van der Waals surface area contributed by atoms with Crippen molar-refractivity contribution in [1.29, 1.82) is 0 Å². The summed E-state index contributed by atoms with van der Waals surface area (Å²) >= 11 is 0. The molecule has 2 fully saturated rings. The third kappa shape index (κ3) is 8.50. The topological polar surface area (TPSA) is 105 Å². The molecule has 1 heterocycles. The maximum absolute atomic E-state index is 13.9. The number of carbonyl (C=O) groups is 2. The van der Waals surface area contributed by atoms with E-state index in [1.165, 1.54) is 0 Å². The Labute approximate surface area is 248 Å². The van der Waals surface area contributed by atoms with Crippen molar-refractivity contribution < 1.29 is 22.7 Å². The lowest BCUT2D eigenvalue weighted by Gasteiger charge is -2.32. The molecule has 42 heavy (non-hydrogen) atoms. The Kier molecular flexibility index (Phi) is 10.0. The summed E-state index contributed by atoms with van der Waals surface area (Å²) in [7, 11) is -3.53. The standard InChI is InChI=1S/C33H39N3O5S/c37-32(20-15-25-13-18-30(19-14-25)42(39,40)35-28-16-17-28)36(24-27-10-5-2-6-11-27)31(22-26-8-3-1-4-9-26)33(38)34-23-29-12-7-21-41-29/h1-6,8-11,13-14,18-19,28-29,31,35H,7,12,15-17,20-24H2,(H,34,38)/t29-,31-/m1/s1. The third-order valence-electron chi connectivity index (χ3n) is 7.76. The quantitative estimate of drug-likeness (QED) is 0.296. The number of sulfonamides is 1. The first-order chi connectivity index (χ1) is 20.4. The summed E-state index contributed by atoms with van der Waals surface area (Å²) < 4.78 is 33.5. The molecule has 1 saturated carbocycles. The van der Waals surface area contributed by atoms with E-state index in [2.05, 4.69) is 10.0 Å². The number of aryl methyl sites for hydroxylation is 1. The van der Waals surface area contributed by atoms with Gasteiger partial charge in [-0.15, -0.1) is 0 Å². The molecule has 0 unspecified atom stereocenters. The lowest BCUT2D eigenvalue weighted by molar-refractivity contribution is -0.141. The molecule has 9 heteroatoms. The molecule has 1 saturated heterocycles. The van der Waals surface area contributed by atoms with E-state index in [0.29, 0.717) is 32.5 Å². The molecule has 222 valence electrons. The second-order valence-electron chi connectivity index (χ2n) is 11.1. The first-order valence-corrected chi connectivity index (χ1v) is 16.2. The molecule has 0 bridgehead atoms. The number of ether oxygens (including phenoxy) is 1. The summed E-state index contributed by atoms with van der Waals surface area (Å²) in [6, 6.07) is 25.5. The summed E-state index contributed by atoms with van der Waals surface area (Å²) in [5, 5.41) is 3.06. The first kappa shape index (κ1) is 29.9. The van der Waals surface area contributed by atoms with Crippen LogP contribution in [0, 0.1) is 0 Å². The van der Waals surface area contributed by atoms with Gasteiger partial charge in [0.05, 0.1) is 11.0 Å². The van der Waals surface area contributed by atoms with Gasteiger partial charge in [0.2, 0.25) is 21.8 Å². The molecule has 8 nitrogen and oxygen atoms in total. The van der Waals surface area contributed by atoms with E-state index in [4.69, 9.17) is 4.74 Å². The molecule has 5 rings (SSSR count). The number of hydrogen-bond acceptors (Lipinski definition) is 5. The zero-order chi connectivity index (χ0) is 29.4. The monoisotopic (exact) mass is 589 g/mol. The van der Waals surface area contributed by atoms with Gasteiger partial charge in [-0.2, -0.15) is 0 Å². The number of amides is 2. The van der Waals surface area contributed by atoms with E-state index in [9.17, 15) is 18.0 Å². The average Bonchev–Trinajstić information content (AvgIpc) is 3.65. The number of nitrogens with zero attached hydrogens (tertiary/aromatic N) is 1. The zero-order valence-electron chi connectivity index (χ0n) is 23.8. The summed E-state index contributed by atoms with van der Waals surface area (Å²) in [4.78, 5) is 29.5. The molecule has 3 aromatic rings. The molecular weight excluding hydrogens is 550 g/mol. The van der Waals surface area contributed by atoms with Crippen LogP contribution in [0.2, 0.25) is 0 Å². The molecular formula is C33H39N3O5S. The summed E-state index contributed by atoms with van der Waals surface area (Å²) in [5.41, 5.74) is 2.77. The highest BCUT2D eigenvalue weighted by atomic mass is 32.2. The van der Waals surface area contributed by atoms with Crippen molar-refractivity contribution in [1.82, 2.24) is 14.9 Å². The number of hydrogen-bond donors (Lipinski definition) is 2. The second kappa shape index (κ2) is 14.1. The zero-order valence-corrected chi connectivity index (χ0v) is 24.6. The van der Waals surface area contributed by atoms with Gasteiger partial charge in [0.15, 0.2) is 0 Å². The largest absolute Gasteiger partial charge is 0.376 e. The van der Waals surface area contributed by atoms with Crippen LogP contribution in [0.4, 0.5) is 0 Å². The van der Waals surface area contributed by atoms with Gasteiger partial charge < -0.3 is 15.0 Å². The fourth-order valence-corrected chi connectivity index (χ4v) is 6.50. The molecule has 2 atom stereocenters. The lowest BCUT2D eigenvalue weighted by Crippen LogP contribution is -2.51. The van der Waals surface area contributed by atoms with Crippen molar-refractivity contribution in [3.05, 3.63) is 102 Å². The number of rotatable bonds is 14. The number of nitrogens with one attached hydrogen (secondary N) is 2. The van der Waals surface area contributed by atoms with Crippen LogP contribution in [0.5, 0.6) is 0 Å². The van der Waals surface area contributed by atoms with Gasteiger partial charge in [0.1, 0.15) is 6.04 Å². The van der Waals surface area contributed by atoms with Crippen LogP contribution < -0.4 is 10.0 Å². The first-order valence-electron chi connectivity index (χ1n) is 14.8. The second-order valence-corrected chi connectivity index (χ2v) is 12.8. The van der Waals surface area contributed by atoms with Crippen LogP contribution in [0.3, 0.4) is 0 Å². The van der Waals surface area contributed by atoms with E-state index in [0.717, 1.165) is 42.4 Å². The Morgan fingerprint density at radius 2 is 1.52 bits per heavy atom. The van der Waals surface area contributed by atoms with E-state index in [1.54, 1.807) is 29.2 Å². The van der Waals surface area contributed by atoms with Gasteiger partial charge in [-0.05, 0) is 60.9 Å². The fourth-order valence-electron chi connectivity index (χ4n) is 5.19. The average molecular weight is 590 g/mol. The molecule has 0 spiro atoms. The van der Waals surface area contributed by atoms with Gasteiger partial charge >= 0.3 is 0 Å². The molecule has 2 amide bonds. The molecule has 0 radical (unpaired) electrons. The van der Waals surface area contributed by atoms with Crippen molar-refractivity contribution in [3.8, 4) is 0 Å². The van der Waals surface area contributed by atoms with Crippen molar-refractivity contribution in [3.63, 3.8) is 0 Å². The Morgan fingerprint density at radius 3 is 2.14 bits per heavy atom. The third-order valence-corrected chi connectivity index (χ3v) is 9.29. The maximum Gasteiger partial charge on any atom is 0.243 e. The van der Waals surface area contributed by atoms with Crippen LogP contribution in [0.1, 0.15) is 48.8 Å². The Morgan fingerprint density at radius 1 is 0.857 bits per heavy atom. The Balaban J connectivity index is 1.32. The predicted octanol–water partition coefficient (Wildman–Crippen LogP) is 4.00. The van der Waals surface area contributed by atoms with E-state index in [-0.39, 0.29) is 35.3 Å². The van der Waals surface area contributed by atoms with Crippen LogP contribution in [-0.4, -0.2) is 56.5 Å². The van der Waals surface area contributed by atoms with Crippen LogP contribution in [0.25, 0.3) is 0 Å². The van der Waals surface area contributed by atoms with E-state index in [1.807, 2.05) is 60.7 Å². The summed E-state index contributed by atoms with van der Waals surface area (Å²) in [6.07, 6.45) is 4.63. The molecule has 0 aromatic heterocycles. The number of benzene rings is 3. The van der Waals surface area contributed by atoms with Crippen LogP contribution >= 0.6 is 0 Å². The van der Waals surface area contributed by atoms with E-state index >= 15 is 0 Å². The minimum Gasteiger partial charge on any atom is -0.376 e. The number of carbonyl (C=O) groups excluding carboxylic acids is 2. The smallest absolute Gasteiger partial charge is 0.243 e. The van der Waals surface area contributed by atoms with Gasteiger partial charge in [-0.3, -0.25) is 9.59 Å².